The fourth-order valence-corrected chi connectivity index (χ4v) is 3.12. The first-order chi connectivity index (χ1) is 15.8. The molecular formula is C26H25BrN2O4. The van der Waals surface area contributed by atoms with E-state index >= 15 is 0 Å². The van der Waals surface area contributed by atoms with Crippen LogP contribution in [0.4, 0.5) is 0 Å². The Labute approximate surface area is 201 Å². The number of aryl methyl sites for hydroxylation is 1. The van der Waals surface area contributed by atoms with Crippen molar-refractivity contribution >= 4 is 34.0 Å². The van der Waals surface area contributed by atoms with Gasteiger partial charge < -0.3 is 9.47 Å². The molecule has 33 heavy (non-hydrogen) atoms. The lowest BCUT2D eigenvalue weighted by Crippen LogP contribution is -2.24. The first kappa shape index (κ1) is 24.2. The van der Waals surface area contributed by atoms with Gasteiger partial charge >= 0.3 is 5.97 Å². The summed E-state index contributed by atoms with van der Waals surface area (Å²) in [7, 11) is 0. The van der Waals surface area contributed by atoms with Crippen LogP contribution >= 0.6 is 15.9 Å². The molecule has 0 bridgehead atoms. The van der Waals surface area contributed by atoms with Crippen LogP contribution in [-0.4, -0.2) is 24.7 Å². The summed E-state index contributed by atoms with van der Waals surface area (Å²) in [5.74, 6) is 0.679. The molecule has 0 spiro atoms. The van der Waals surface area contributed by atoms with Crippen molar-refractivity contribution in [3.05, 3.63) is 93.5 Å². The highest BCUT2D eigenvalue weighted by molar-refractivity contribution is 9.10. The zero-order valence-corrected chi connectivity index (χ0v) is 20.3. The fraction of sp³-hybridized carbons (Fsp3) is 0.192. The number of benzene rings is 3. The molecule has 0 saturated carbocycles. The second kappa shape index (κ2) is 11.4. The Hall–Kier alpha value is -3.45. The number of halogens is 1. The molecule has 0 atom stereocenters. The largest absolute Gasteiger partial charge is 0.483 e. The molecule has 0 unspecified atom stereocenters. The highest BCUT2D eigenvalue weighted by Crippen LogP contribution is 2.24. The standard InChI is InChI=1S/C26H25BrN2O4/c1-17(2)21-7-4-18(3)24(14-21)32-16-25(30)29-28-15-19-5-12-23(13-6-19)33-26(31)20-8-10-22(27)11-9-20/h4-15,17H,16H2,1-3H3,(H,29,30)/b28-15+. The van der Waals surface area contributed by atoms with Gasteiger partial charge in [-0.15, -0.1) is 0 Å². The van der Waals surface area contributed by atoms with Gasteiger partial charge in [0.2, 0.25) is 0 Å². The topological polar surface area (TPSA) is 77.0 Å². The van der Waals surface area contributed by atoms with Crippen molar-refractivity contribution in [2.45, 2.75) is 26.7 Å². The fourth-order valence-electron chi connectivity index (χ4n) is 2.86. The summed E-state index contributed by atoms with van der Waals surface area (Å²) in [4.78, 5) is 24.2. The SMILES string of the molecule is Cc1ccc(C(C)C)cc1OCC(=O)N/N=C/c1ccc(OC(=O)c2ccc(Br)cc2)cc1. The third-order valence-electron chi connectivity index (χ3n) is 4.81. The Bertz CT molecular complexity index is 1140. The van der Waals surface area contributed by atoms with Crippen LogP contribution in [0, 0.1) is 6.92 Å². The van der Waals surface area contributed by atoms with Gasteiger partial charge in [0.1, 0.15) is 11.5 Å². The van der Waals surface area contributed by atoms with Gasteiger partial charge in [0, 0.05) is 4.47 Å². The van der Waals surface area contributed by atoms with Crippen LogP contribution in [0.5, 0.6) is 11.5 Å². The van der Waals surface area contributed by atoms with E-state index in [4.69, 9.17) is 9.47 Å². The lowest BCUT2D eigenvalue weighted by atomic mass is 10.0. The number of amides is 1. The zero-order valence-electron chi connectivity index (χ0n) is 18.7. The molecule has 1 N–H and O–H groups in total. The third-order valence-corrected chi connectivity index (χ3v) is 5.34. The third kappa shape index (κ3) is 7.29. The summed E-state index contributed by atoms with van der Waals surface area (Å²) < 4.78 is 11.9. The Morgan fingerprint density at radius 3 is 2.39 bits per heavy atom. The Morgan fingerprint density at radius 2 is 1.73 bits per heavy atom. The van der Waals surface area contributed by atoms with Gasteiger partial charge in [-0.3, -0.25) is 4.79 Å². The van der Waals surface area contributed by atoms with Crippen LogP contribution < -0.4 is 14.9 Å². The van der Waals surface area contributed by atoms with Gasteiger partial charge in [-0.2, -0.15) is 5.10 Å². The maximum absolute atomic E-state index is 12.2. The summed E-state index contributed by atoms with van der Waals surface area (Å²) in [5, 5.41) is 3.95. The molecule has 0 heterocycles. The molecule has 3 aromatic carbocycles. The number of esters is 1. The van der Waals surface area contributed by atoms with Gasteiger partial charge in [0.25, 0.3) is 5.91 Å². The van der Waals surface area contributed by atoms with Gasteiger partial charge in [-0.25, -0.2) is 10.2 Å². The van der Waals surface area contributed by atoms with E-state index in [2.05, 4.69) is 46.4 Å². The van der Waals surface area contributed by atoms with Crippen molar-refractivity contribution in [3.63, 3.8) is 0 Å². The molecule has 3 aromatic rings. The van der Waals surface area contributed by atoms with Crippen LogP contribution in [0.25, 0.3) is 0 Å². The number of carbonyl (C=O) groups is 2. The van der Waals surface area contributed by atoms with Crippen molar-refractivity contribution in [1.82, 2.24) is 5.43 Å². The molecule has 0 aliphatic rings. The Morgan fingerprint density at radius 1 is 1.03 bits per heavy atom. The quantitative estimate of drug-likeness (QED) is 0.185. The second-order valence-corrected chi connectivity index (χ2v) is 8.64. The van der Waals surface area contributed by atoms with E-state index in [-0.39, 0.29) is 12.5 Å². The van der Waals surface area contributed by atoms with Crippen molar-refractivity contribution in [2.75, 3.05) is 6.61 Å². The molecule has 0 radical (unpaired) electrons. The van der Waals surface area contributed by atoms with Crippen molar-refractivity contribution in [3.8, 4) is 11.5 Å². The lowest BCUT2D eigenvalue weighted by Gasteiger charge is -2.12. The van der Waals surface area contributed by atoms with Gasteiger partial charge in [0.05, 0.1) is 11.8 Å². The number of nitrogens with one attached hydrogen (secondary N) is 1. The zero-order chi connectivity index (χ0) is 23.8. The average Bonchev–Trinajstić information content (AvgIpc) is 2.80. The van der Waals surface area contributed by atoms with E-state index in [1.165, 1.54) is 6.21 Å². The first-order valence-corrected chi connectivity index (χ1v) is 11.2. The molecule has 0 fully saturated rings. The number of hydrogen-bond acceptors (Lipinski definition) is 5. The molecule has 0 aliphatic heterocycles. The summed E-state index contributed by atoms with van der Waals surface area (Å²) in [6.45, 7) is 6.02. The average molecular weight is 509 g/mol. The highest BCUT2D eigenvalue weighted by Gasteiger charge is 2.09. The Kier molecular flexibility index (Phi) is 8.38. The molecule has 170 valence electrons. The van der Waals surface area contributed by atoms with Crippen LogP contribution in [0.3, 0.4) is 0 Å². The molecule has 1 amide bonds. The molecular weight excluding hydrogens is 484 g/mol. The maximum Gasteiger partial charge on any atom is 0.343 e. The normalized spacial score (nSPS) is 10.9. The Balaban J connectivity index is 1.48. The predicted molar refractivity (Wildman–Crippen MR) is 132 cm³/mol. The number of hydrogen-bond donors (Lipinski definition) is 1. The number of rotatable bonds is 8. The number of nitrogens with zero attached hydrogens (tertiary/aromatic N) is 1. The monoisotopic (exact) mass is 508 g/mol. The summed E-state index contributed by atoms with van der Waals surface area (Å²) in [6, 6.07) is 19.7. The highest BCUT2D eigenvalue weighted by atomic mass is 79.9. The van der Waals surface area contributed by atoms with E-state index in [1.807, 2.05) is 19.1 Å². The van der Waals surface area contributed by atoms with E-state index in [9.17, 15) is 9.59 Å². The number of ether oxygens (including phenoxy) is 2. The first-order valence-electron chi connectivity index (χ1n) is 10.4. The lowest BCUT2D eigenvalue weighted by molar-refractivity contribution is -0.123. The molecule has 6 nitrogen and oxygen atoms in total. The van der Waals surface area contributed by atoms with Crippen LogP contribution in [0.15, 0.2) is 76.3 Å². The minimum atomic E-state index is -0.439. The molecule has 7 heteroatoms. The second-order valence-electron chi connectivity index (χ2n) is 7.73. The molecule has 3 rings (SSSR count). The smallest absolute Gasteiger partial charge is 0.343 e. The van der Waals surface area contributed by atoms with Crippen LogP contribution in [0.1, 0.15) is 46.8 Å². The summed E-state index contributed by atoms with van der Waals surface area (Å²) >= 11 is 3.33. The van der Waals surface area contributed by atoms with Gasteiger partial charge in [0.15, 0.2) is 6.61 Å². The van der Waals surface area contributed by atoms with Crippen LogP contribution in [-0.2, 0) is 4.79 Å². The minimum Gasteiger partial charge on any atom is -0.483 e. The van der Waals surface area contributed by atoms with Gasteiger partial charge in [-0.1, -0.05) is 41.9 Å². The van der Waals surface area contributed by atoms with E-state index < -0.39 is 5.97 Å². The van der Waals surface area contributed by atoms with E-state index in [0.29, 0.717) is 23.0 Å². The van der Waals surface area contributed by atoms with Crippen LogP contribution in [0.2, 0.25) is 0 Å². The van der Waals surface area contributed by atoms with Crippen molar-refractivity contribution in [2.24, 2.45) is 5.10 Å². The number of carbonyl (C=O) groups excluding carboxylic acids is 2. The summed E-state index contributed by atoms with van der Waals surface area (Å²) in [6.07, 6.45) is 1.50. The van der Waals surface area contributed by atoms with E-state index in [1.54, 1.807) is 48.5 Å². The summed E-state index contributed by atoms with van der Waals surface area (Å²) in [5.41, 5.74) is 5.76. The molecule has 0 aromatic heterocycles. The number of hydrazone groups is 1. The van der Waals surface area contributed by atoms with Gasteiger partial charge in [-0.05, 0) is 84.1 Å². The maximum atomic E-state index is 12.2. The molecule has 0 aliphatic carbocycles. The predicted octanol–water partition coefficient (Wildman–Crippen LogP) is 5.63. The molecule has 0 saturated heterocycles. The minimum absolute atomic E-state index is 0.134. The van der Waals surface area contributed by atoms with Crippen molar-refractivity contribution in [1.29, 1.82) is 0 Å². The van der Waals surface area contributed by atoms with Crippen molar-refractivity contribution < 1.29 is 19.1 Å². The van der Waals surface area contributed by atoms with E-state index in [0.717, 1.165) is 21.2 Å².